The second-order valence-corrected chi connectivity index (χ2v) is 8.32. The minimum absolute atomic E-state index is 0.103. The van der Waals surface area contributed by atoms with Gasteiger partial charge in [-0.25, -0.2) is 12.7 Å². The zero-order valence-corrected chi connectivity index (χ0v) is 16.4. The van der Waals surface area contributed by atoms with Gasteiger partial charge in [0.15, 0.2) is 6.61 Å². The average molecular weight is 397 g/mol. The van der Waals surface area contributed by atoms with Crippen molar-refractivity contribution in [1.82, 2.24) is 4.31 Å². The van der Waals surface area contributed by atoms with E-state index in [4.69, 9.17) is 16.3 Å². The molecule has 0 heterocycles. The van der Waals surface area contributed by atoms with Crippen molar-refractivity contribution >= 4 is 33.2 Å². The molecule has 0 spiro atoms. The maximum absolute atomic E-state index is 12.1. The topological polar surface area (TPSA) is 75.7 Å². The molecule has 8 heteroatoms. The first-order valence-electron chi connectivity index (χ1n) is 7.97. The molecule has 6 nitrogen and oxygen atoms in total. The summed E-state index contributed by atoms with van der Waals surface area (Å²) < 4.78 is 30.9. The number of carbonyl (C=O) groups excluding carboxylic acids is 1. The molecule has 0 aromatic heterocycles. The molecule has 0 saturated carbocycles. The van der Waals surface area contributed by atoms with E-state index in [0.29, 0.717) is 16.5 Å². The van der Waals surface area contributed by atoms with Crippen LogP contribution in [0, 0.1) is 0 Å². The fraction of sp³-hybridized carbons (Fsp3) is 0.278. The van der Waals surface area contributed by atoms with Gasteiger partial charge in [-0.05, 0) is 48.4 Å². The Morgan fingerprint density at radius 2 is 1.92 bits per heavy atom. The van der Waals surface area contributed by atoms with Crippen LogP contribution in [0.4, 0.5) is 5.69 Å². The number of halogens is 1. The van der Waals surface area contributed by atoms with Gasteiger partial charge >= 0.3 is 0 Å². The Labute approximate surface area is 158 Å². The predicted octanol–water partition coefficient (Wildman–Crippen LogP) is 3.17. The Balaban J connectivity index is 2.02. The highest BCUT2D eigenvalue weighted by atomic mass is 35.5. The molecule has 2 aromatic rings. The first kappa shape index (κ1) is 20.2. The lowest BCUT2D eigenvalue weighted by atomic mass is 10.1. The second kappa shape index (κ2) is 8.53. The lowest BCUT2D eigenvalue weighted by molar-refractivity contribution is -0.118. The van der Waals surface area contributed by atoms with Crippen molar-refractivity contribution in [2.75, 3.05) is 26.0 Å². The number of amides is 1. The Bertz CT molecular complexity index is 898. The molecule has 26 heavy (non-hydrogen) atoms. The van der Waals surface area contributed by atoms with Crippen molar-refractivity contribution < 1.29 is 17.9 Å². The molecule has 2 aromatic carbocycles. The average Bonchev–Trinajstić information content (AvgIpc) is 2.61. The number of hydrogen-bond acceptors (Lipinski definition) is 4. The summed E-state index contributed by atoms with van der Waals surface area (Å²) in [4.78, 5) is 12.2. The maximum Gasteiger partial charge on any atom is 0.262 e. The van der Waals surface area contributed by atoms with Gasteiger partial charge in [0.2, 0.25) is 10.0 Å². The molecule has 0 unspecified atom stereocenters. The normalized spacial score (nSPS) is 11.4. The van der Waals surface area contributed by atoms with Crippen molar-refractivity contribution in [2.45, 2.75) is 18.2 Å². The molecule has 2 rings (SSSR count). The first-order chi connectivity index (χ1) is 12.2. The van der Waals surface area contributed by atoms with E-state index in [-0.39, 0.29) is 11.5 Å². The third-order valence-electron chi connectivity index (χ3n) is 3.66. The van der Waals surface area contributed by atoms with Gasteiger partial charge in [0, 0.05) is 24.8 Å². The number of rotatable bonds is 7. The fourth-order valence-corrected chi connectivity index (χ4v) is 3.40. The SMILES string of the molecule is CCc1cc(OCC(=O)Nc2cccc(S(=O)(=O)N(C)C)c2)ccc1Cl. The maximum atomic E-state index is 12.1. The monoisotopic (exact) mass is 396 g/mol. The number of ether oxygens (including phenoxy) is 1. The fourth-order valence-electron chi connectivity index (χ4n) is 2.20. The van der Waals surface area contributed by atoms with Crippen LogP contribution in [-0.4, -0.2) is 39.3 Å². The van der Waals surface area contributed by atoms with Gasteiger partial charge in [-0.3, -0.25) is 4.79 Å². The van der Waals surface area contributed by atoms with Crippen molar-refractivity contribution in [3.05, 3.63) is 53.1 Å². The number of aryl methyl sites for hydroxylation is 1. The van der Waals surface area contributed by atoms with Crippen molar-refractivity contribution in [3.63, 3.8) is 0 Å². The van der Waals surface area contributed by atoms with Gasteiger partial charge in [0.05, 0.1) is 4.90 Å². The standard InChI is InChI=1S/C18H21ClN2O4S/c1-4-13-10-15(8-9-17(13)19)25-12-18(22)20-14-6-5-7-16(11-14)26(23,24)21(2)3/h5-11H,4,12H2,1-3H3,(H,20,22). The second-order valence-electron chi connectivity index (χ2n) is 5.76. The third-order valence-corrected chi connectivity index (χ3v) is 5.84. The van der Waals surface area contributed by atoms with Gasteiger partial charge < -0.3 is 10.1 Å². The van der Waals surface area contributed by atoms with E-state index in [1.165, 1.54) is 26.2 Å². The number of nitrogens with zero attached hydrogens (tertiary/aromatic N) is 1. The number of sulfonamides is 1. The first-order valence-corrected chi connectivity index (χ1v) is 9.79. The summed E-state index contributed by atoms with van der Waals surface area (Å²) in [7, 11) is -0.665. The van der Waals surface area contributed by atoms with E-state index in [9.17, 15) is 13.2 Å². The molecule has 0 saturated heterocycles. The van der Waals surface area contributed by atoms with Crippen LogP contribution in [0.1, 0.15) is 12.5 Å². The molecule has 0 radical (unpaired) electrons. The van der Waals surface area contributed by atoms with E-state index >= 15 is 0 Å². The van der Waals surface area contributed by atoms with Gasteiger partial charge in [0.25, 0.3) is 5.91 Å². The molecular weight excluding hydrogens is 376 g/mol. The van der Waals surface area contributed by atoms with Crippen LogP contribution in [0.5, 0.6) is 5.75 Å². The van der Waals surface area contributed by atoms with Gasteiger partial charge in [-0.15, -0.1) is 0 Å². The van der Waals surface area contributed by atoms with Crippen LogP contribution in [0.25, 0.3) is 0 Å². The number of anilines is 1. The van der Waals surface area contributed by atoms with Crippen LogP contribution < -0.4 is 10.1 Å². The van der Waals surface area contributed by atoms with Crippen LogP contribution in [0.2, 0.25) is 5.02 Å². The highest BCUT2D eigenvalue weighted by Gasteiger charge is 2.17. The molecule has 0 aliphatic rings. The summed E-state index contributed by atoms with van der Waals surface area (Å²) in [5.41, 5.74) is 1.32. The van der Waals surface area contributed by atoms with Gasteiger partial charge in [-0.1, -0.05) is 24.6 Å². The Hall–Kier alpha value is -2.09. The van der Waals surface area contributed by atoms with Gasteiger partial charge in [-0.2, -0.15) is 0 Å². The molecule has 0 atom stereocenters. The predicted molar refractivity (Wildman–Crippen MR) is 102 cm³/mol. The third kappa shape index (κ3) is 4.97. The van der Waals surface area contributed by atoms with E-state index in [1.807, 2.05) is 6.92 Å². The summed E-state index contributed by atoms with van der Waals surface area (Å²) in [6.07, 6.45) is 0.759. The Morgan fingerprint density at radius 1 is 1.19 bits per heavy atom. The van der Waals surface area contributed by atoms with Crippen molar-refractivity contribution in [1.29, 1.82) is 0 Å². The van der Waals surface area contributed by atoms with Crippen LogP contribution >= 0.6 is 11.6 Å². The Kier molecular flexibility index (Phi) is 6.63. The smallest absolute Gasteiger partial charge is 0.262 e. The van der Waals surface area contributed by atoms with E-state index in [1.54, 1.807) is 30.3 Å². The zero-order chi connectivity index (χ0) is 19.3. The summed E-state index contributed by atoms with van der Waals surface area (Å²) in [5.74, 6) is 0.155. The van der Waals surface area contributed by atoms with E-state index < -0.39 is 15.9 Å². The van der Waals surface area contributed by atoms with Crippen molar-refractivity contribution in [3.8, 4) is 5.75 Å². The molecule has 0 bridgehead atoms. The van der Waals surface area contributed by atoms with E-state index in [2.05, 4.69) is 5.32 Å². The summed E-state index contributed by atoms with van der Waals surface area (Å²) in [5, 5.41) is 3.29. The number of benzene rings is 2. The zero-order valence-electron chi connectivity index (χ0n) is 14.8. The molecule has 0 aliphatic heterocycles. The minimum atomic E-state index is -3.56. The molecular formula is C18H21ClN2O4S. The minimum Gasteiger partial charge on any atom is -0.484 e. The van der Waals surface area contributed by atoms with Crippen LogP contribution in [0.15, 0.2) is 47.4 Å². The molecule has 1 amide bonds. The molecule has 1 N–H and O–H groups in total. The van der Waals surface area contributed by atoms with Crippen LogP contribution in [0.3, 0.4) is 0 Å². The summed E-state index contributed by atoms with van der Waals surface area (Å²) in [6, 6.07) is 11.3. The molecule has 140 valence electrons. The number of hydrogen-bond donors (Lipinski definition) is 1. The molecule has 0 fully saturated rings. The lowest BCUT2D eigenvalue weighted by Gasteiger charge is -2.13. The Morgan fingerprint density at radius 3 is 2.58 bits per heavy atom. The van der Waals surface area contributed by atoms with Crippen molar-refractivity contribution in [2.24, 2.45) is 0 Å². The highest BCUT2D eigenvalue weighted by molar-refractivity contribution is 7.89. The number of nitrogens with one attached hydrogen (secondary N) is 1. The van der Waals surface area contributed by atoms with Gasteiger partial charge in [0.1, 0.15) is 5.75 Å². The quantitative estimate of drug-likeness (QED) is 0.779. The van der Waals surface area contributed by atoms with E-state index in [0.717, 1.165) is 16.3 Å². The van der Waals surface area contributed by atoms with Crippen LogP contribution in [-0.2, 0) is 21.2 Å². The highest BCUT2D eigenvalue weighted by Crippen LogP contribution is 2.22. The summed E-state index contributed by atoms with van der Waals surface area (Å²) in [6.45, 7) is 1.78. The molecule has 0 aliphatic carbocycles. The summed E-state index contributed by atoms with van der Waals surface area (Å²) >= 11 is 6.05. The number of carbonyl (C=O) groups is 1. The largest absolute Gasteiger partial charge is 0.484 e. The lowest BCUT2D eigenvalue weighted by Crippen LogP contribution is -2.23.